The van der Waals surface area contributed by atoms with Crippen LogP contribution in [-0.4, -0.2) is 19.1 Å². The number of carbonyl (C=O) groups excluding carboxylic acids is 1. The molecule has 2 rings (SSSR count). The van der Waals surface area contributed by atoms with Crippen LogP contribution in [0.15, 0.2) is 24.3 Å². The molecule has 1 unspecified atom stereocenters. The third-order valence-electron chi connectivity index (χ3n) is 3.18. The molecule has 1 aromatic rings. The molecule has 1 aromatic carbocycles. The van der Waals surface area contributed by atoms with E-state index in [1.807, 2.05) is 24.3 Å². The smallest absolute Gasteiger partial charge is 0.225 e. The number of hydrogen-bond acceptors (Lipinski definition) is 2. The Morgan fingerprint density at radius 1 is 1.33 bits per heavy atom. The van der Waals surface area contributed by atoms with Crippen LogP contribution in [0.25, 0.3) is 0 Å². The molecule has 1 fully saturated rings. The summed E-state index contributed by atoms with van der Waals surface area (Å²) in [5, 5.41) is 2.95. The standard InChI is InChI=1S/C14H18ClNO2/c15-8-11-3-5-12(6-4-11)9-16-14(17)13-2-1-7-18-10-13/h3-6,13H,1-2,7-10H2,(H,16,17). The van der Waals surface area contributed by atoms with Crippen molar-refractivity contribution in [2.75, 3.05) is 13.2 Å². The van der Waals surface area contributed by atoms with E-state index >= 15 is 0 Å². The predicted molar refractivity (Wildman–Crippen MR) is 71.4 cm³/mol. The molecular formula is C14H18ClNO2. The predicted octanol–water partition coefficient (Wildman–Crippen LogP) is 2.47. The van der Waals surface area contributed by atoms with E-state index in [4.69, 9.17) is 16.3 Å². The number of hydrogen-bond donors (Lipinski definition) is 1. The summed E-state index contributed by atoms with van der Waals surface area (Å²) < 4.78 is 5.31. The Bertz CT molecular complexity index is 385. The number of benzene rings is 1. The molecule has 4 heteroatoms. The Balaban J connectivity index is 1.80. The zero-order valence-corrected chi connectivity index (χ0v) is 11.1. The van der Waals surface area contributed by atoms with E-state index in [9.17, 15) is 4.79 Å². The maximum Gasteiger partial charge on any atom is 0.225 e. The van der Waals surface area contributed by atoms with Gasteiger partial charge in [-0.15, -0.1) is 11.6 Å². The van der Waals surface area contributed by atoms with Crippen molar-refractivity contribution in [3.63, 3.8) is 0 Å². The van der Waals surface area contributed by atoms with E-state index in [2.05, 4.69) is 5.32 Å². The van der Waals surface area contributed by atoms with Crippen LogP contribution in [0.2, 0.25) is 0 Å². The van der Waals surface area contributed by atoms with Gasteiger partial charge >= 0.3 is 0 Å². The first-order valence-corrected chi connectivity index (χ1v) is 6.82. The van der Waals surface area contributed by atoms with Crippen molar-refractivity contribution in [1.29, 1.82) is 0 Å². The normalized spacial score (nSPS) is 19.5. The summed E-state index contributed by atoms with van der Waals surface area (Å²) in [5.41, 5.74) is 2.18. The molecule has 1 aliphatic heterocycles. The van der Waals surface area contributed by atoms with Gasteiger partial charge in [0.15, 0.2) is 0 Å². The quantitative estimate of drug-likeness (QED) is 0.851. The van der Waals surface area contributed by atoms with Crippen LogP contribution in [-0.2, 0) is 22.0 Å². The van der Waals surface area contributed by atoms with Gasteiger partial charge < -0.3 is 10.1 Å². The zero-order valence-electron chi connectivity index (χ0n) is 10.3. The maximum absolute atomic E-state index is 11.9. The Morgan fingerprint density at radius 2 is 2.06 bits per heavy atom. The lowest BCUT2D eigenvalue weighted by Gasteiger charge is -2.21. The van der Waals surface area contributed by atoms with Crippen LogP contribution in [0.5, 0.6) is 0 Å². The fraction of sp³-hybridized carbons (Fsp3) is 0.500. The largest absolute Gasteiger partial charge is 0.381 e. The molecule has 98 valence electrons. The van der Waals surface area contributed by atoms with Crippen molar-refractivity contribution in [3.8, 4) is 0 Å². The molecule has 1 saturated heterocycles. The van der Waals surface area contributed by atoms with Gasteiger partial charge in [-0.3, -0.25) is 4.79 Å². The molecular weight excluding hydrogens is 250 g/mol. The maximum atomic E-state index is 11.9. The fourth-order valence-electron chi connectivity index (χ4n) is 2.03. The number of nitrogens with one attached hydrogen (secondary N) is 1. The van der Waals surface area contributed by atoms with Crippen LogP contribution in [0.1, 0.15) is 24.0 Å². The number of amides is 1. The zero-order chi connectivity index (χ0) is 12.8. The SMILES string of the molecule is O=C(NCc1ccc(CCl)cc1)C1CCCOC1. The van der Waals surface area contributed by atoms with Gasteiger partial charge in [0.2, 0.25) is 5.91 Å². The lowest BCUT2D eigenvalue weighted by atomic mass is 10.0. The second kappa shape index (κ2) is 6.76. The monoisotopic (exact) mass is 267 g/mol. The van der Waals surface area contributed by atoms with Crippen molar-refractivity contribution in [1.82, 2.24) is 5.32 Å². The number of halogens is 1. The molecule has 3 nitrogen and oxygen atoms in total. The van der Waals surface area contributed by atoms with E-state index in [1.165, 1.54) is 0 Å². The second-order valence-corrected chi connectivity index (χ2v) is 4.85. The molecule has 18 heavy (non-hydrogen) atoms. The first-order chi connectivity index (χ1) is 8.79. The first-order valence-electron chi connectivity index (χ1n) is 6.29. The molecule has 1 heterocycles. The third-order valence-corrected chi connectivity index (χ3v) is 3.48. The number of carbonyl (C=O) groups is 1. The molecule has 1 atom stereocenters. The van der Waals surface area contributed by atoms with E-state index < -0.39 is 0 Å². The van der Waals surface area contributed by atoms with Gasteiger partial charge in [-0.1, -0.05) is 24.3 Å². The summed E-state index contributed by atoms with van der Waals surface area (Å²) in [7, 11) is 0. The Kier molecular flexibility index (Phi) is 5.02. The summed E-state index contributed by atoms with van der Waals surface area (Å²) in [4.78, 5) is 11.9. The van der Waals surface area contributed by atoms with Gasteiger partial charge in [-0.05, 0) is 24.0 Å². The highest BCUT2D eigenvalue weighted by Gasteiger charge is 2.21. The van der Waals surface area contributed by atoms with Crippen LogP contribution >= 0.6 is 11.6 Å². The fourth-order valence-corrected chi connectivity index (χ4v) is 2.21. The van der Waals surface area contributed by atoms with Gasteiger partial charge in [0, 0.05) is 19.0 Å². The van der Waals surface area contributed by atoms with Crippen molar-refractivity contribution in [2.24, 2.45) is 5.92 Å². The highest BCUT2D eigenvalue weighted by atomic mass is 35.5. The minimum atomic E-state index is 0.0147. The summed E-state index contributed by atoms with van der Waals surface area (Å²) >= 11 is 5.72. The molecule has 0 spiro atoms. The van der Waals surface area contributed by atoms with E-state index in [0.717, 1.165) is 30.6 Å². The minimum Gasteiger partial charge on any atom is -0.381 e. The molecule has 1 aliphatic rings. The molecule has 0 radical (unpaired) electrons. The van der Waals surface area contributed by atoms with Crippen molar-refractivity contribution >= 4 is 17.5 Å². The van der Waals surface area contributed by atoms with Gasteiger partial charge in [0.1, 0.15) is 0 Å². The second-order valence-electron chi connectivity index (χ2n) is 4.58. The van der Waals surface area contributed by atoms with E-state index in [-0.39, 0.29) is 11.8 Å². The average molecular weight is 268 g/mol. The first kappa shape index (κ1) is 13.4. The summed E-state index contributed by atoms with van der Waals surface area (Å²) in [6, 6.07) is 7.96. The summed E-state index contributed by atoms with van der Waals surface area (Å²) in [6.07, 6.45) is 1.90. The summed E-state index contributed by atoms with van der Waals surface area (Å²) in [6.45, 7) is 1.90. The number of alkyl halides is 1. The third kappa shape index (κ3) is 3.72. The molecule has 0 bridgehead atoms. The van der Waals surface area contributed by atoms with Gasteiger partial charge in [-0.2, -0.15) is 0 Å². The summed E-state index contributed by atoms with van der Waals surface area (Å²) in [5.74, 6) is 0.628. The topological polar surface area (TPSA) is 38.3 Å². The number of rotatable bonds is 4. The Hall–Kier alpha value is -1.06. The van der Waals surface area contributed by atoms with Crippen molar-refractivity contribution < 1.29 is 9.53 Å². The van der Waals surface area contributed by atoms with Crippen LogP contribution in [0, 0.1) is 5.92 Å². The van der Waals surface area contributed by atoms with Gasteiger partial charge in [0.05, 0.1) is 12.5 Å². The van der Waals surface area contributed by atoms with Crippen LogP contribution in [0.4, 0.5) is 0 Å². The highest BCUT2D eigenvalue weighted by molar-refractivity contribution is 6.17. The Morgan fingerprint density at radius 3 is 2.67 bits per heavy atom. The van der Waals surface area contributed by atoms with Crippen LogP contribution in [0.3, 0.4) is 0 Å². The molecule has 0 aromatic heterocycles. The Labute approximate surface area is 112 Å². The lowest BCUT2D eigenvalue weighted by molar-refractivity contribution is -0.129. The molecule has 0 aliphatic carbocycles. The molecule has 0 saturated carbocycles. The van der Waals surface area contributed by atoms with Crippen molar-refractivity contribution in [3.05, 3.63) is 35.4 Å². The highest BCUT2D eigenvalue weighted by Crippen LogP contribution is 2.14. The van der Waals surface area contributed by atoms with E-state index in [1.54, 1.807) is 0 Å². The van der Waals surface area contributed by atoms with Crippen molar-refractivity contribution in [2.45, 2.75) is 25.3 Å². The lowest BCUT2D eigenvalue weighted by Crippen LogP contribution is -2.35. The van der Waals surface area contributed by atoms with Crippen LogP contribution < -0.4 is 5.32 Å². The van der Waals surface area contributed by atoms with Gasteiger partial charge in [0.25, 0.3) is 0 Å². The molecule has 1 amide bonds. The minimum absolute atomic E-state index is 0.0147. The van der Waals surface area contributed by atoms with E-state index in [0.29, 0.717) is 19.0 Å². The van der Waals surface area contributed by atoms with Gasteiger partial charge in [-0.25, -0.2) is 0 Å². The number of ether oxygens (including phenoxy) is 1. The molecule has 1 N–H and O–H groups in total. The average Bonchev–Trinajstić information content (AvgIpc) is 2.46.